The predicted molar refractivity (Wildman–Crippen MR) is 79.7 cm³/mol. The maximum Gasteiger partial charge on any atom is 0.250 e. The van der Waals surface area contributed by atoms with Gasteiger partial charge in [0.1, 0.15) is 12.1 Å². The van der Waals surface area contributed by atoms with E-state index < -0.39 is 12.1 Å². The number of rotatable bonds is 3. The monoisotopic (exact) mass is 274 g/mol. The van der Waals surface area contributed by atoms with Crippen LogP contribution >= 0.6 is 0 Å². The molecule has 0 bridgehead atoms. The molecular formula is C16H22N2O2. The SMILES string of the molecule is CCC1NC(=O)C(CC)N(c2ccc(C)cc2C)C1=O. The van der Waals surface area contributed by atoms with Gasteiger partial charge in [-0.15, -0.1) is 0 Å². The van der Waals surface area contributed by atoms with Gasteiger partial charge in [-0.1, -0.05) is 31.5 Å². The Bertz CT molecular complexity index is 539. The van der Waals surface area contributed by atoms with Crippen molar-refractivity contribution >= 4 is 17.5 Å². The van der Waals surface area contributed by atoms with Crippen LogP contribution in [0.15, 0.2) is 18.2 Å². The molecule has 2 amide bonds. The third kappa shape index (κ3) is 2.42. The maximum absolute atomic E-state index is 12.6. The van der Waals surface area contributed by atoms with Gasteiger partial charge in [-0.05, 0) is 38.3 Å². The highest BCUT2D eigenvalue weighted by atomic mass is 16.2. The zero-order valence-electron chi connectivity index (χ0n) is 12.6. The summed E-state index contributed by atoms with van der Waals surface area (Å²) >= 11 is 0. The first-order valence-corrected chi connectivity index (χ1v) is 7.20. The lowest BCUT2D eigenvalue weighted by Crippen LogP contribution is -2.63. The summed E-state index contributed by atoms with van der Waals surface area (Å²) in [6, 6.07) is 5.15. The maximum atomic E-state index is 12.6. The van der Waals surface area contributed by atoms with Crippen LogP contribution in [0.1, 0.15) is 37.8 Å². The minimum atomic E-state index is -0.411. The standard InChI is InChI=1S/C16H22N2O2/c1-5-12-16(20)18(13(6-2)15(19)17-12)14-8-7-10(3)9-11(14)4/h7-9,12-13H,5-6H2,1-4H3,(H,17,19). The molecule has 4 heteroatoms. The van der Waals surface area contributed by atoms with Crippen LogP contribution in [0.3, 0.4) is 0 Å². The number of nitrogens with one attached hydrogen (secondary N) is 1. The molecule has 0 spiro atoms. The number of hydrogen-bond acceptors (Lipinski definition) is 2. The van der Waals surface area contributed by atoms with Crippen LogP contribution in [-0.4, -0.2) is 23.9 Å². The lowest BCUT2D eigenvalue weighted by molar-refractivity contribution is -0.134. The second-order valence-electron chi connectivity index (χ2n) is 5.39. The summed E-state index contributed by atoms with van der Waals surface area (Å²) in [5.41, 5.74) is 3.03. The summed E-state index contributed by atoms with van der Waals surface area (Å²) in [6.45, 7) is 7.85. The molecule has 1 fully saturated rings. The average molecular weight is 274 g/mol. The summed E-state index contributed by atoms with van der Waals surface area (Å²) in [5, 5.41) is 2.82. The third-order valence-electron chi connectivity index (χ3n) is 3.87. The van der Waals surface area contributed by atoms with Crippen molar-refractivity contribution in [1.82, 2.24) is 5.32 Å². The second-order valence-corrected chi connectivity index (χ2v) is 5.39. The number of nitrogens with zero attached hydrogens (tertiary/aromatic N) is 1. The topological polar surface area (TPSA) is 49.4 Å². The third-order valence-corrected chi connectivity index (χ3v) is 3.87. The first-order valence-electron chi connectivity index (χ1n) is 7.20. The fraction of sp³-hybridized carbons (Fsp3) is 0.500. The molecule has 1 aliphatic rings. The zero-order chi connectivity index (χ0) is 14.9. The largest absolute Gasteiger partial charge is 0.342 e. The number of carbonyl (C=O) groups excluding carboxylic acids is 2. The lowest BCUT2D eigenvalue weighted by Gasteiger charge is -2.39. The van der Waals surface area contributed by atoms with Gasteiger partial charge in [0, 0.05) is 5.69 Å². The highest BCUT2D eigenvalue weighted by molar-refractivity contribution is 6.08. The van der Waals surface area contributed by atoms with Crippen molar-refractivity contribution in [2.24, 2.45) is 0 Å². The van der Waals surface area contributed by atoms with Gasteiger partial charge in [-0.25, -0.2) is 0 Å². The van der Waals surface area contributed by atoms with Crippen molar-refractivity contribution in [2.45, 2.75) is 52.6 Å². The molecule has 0 aliphatic carbocycles. The molecule has 20 heavy (non-hydrogen) atoms. The number of aryl methyl sites for hydroxylation is 2. The molecule has 1 saturated heterocycles. The summed E-state index contributed by atoms with van der Waals surface area (Å²) in [7, 11) is 0. The van der Waals surface area contributed by atoms with Crippen LogP contribution in [0.25, 0.3) is 0 Å². The number of hydrogen-bond donors (Lipinski definition) is 1. The minimum absolute atomic E-state index is 0.00842. The van der Waals surface area contributed by atoms with Gasteiger partial charge < -0.3 is 5.32 Å². The van der Waals surface area contributed by atoms with E-state index in [1.807, 2.05) is 45.9 Å². The van der Waals surface area contributed by atoms with Crippen LogP contribution in [0.5, 0.6) is 0 Å². The molecule has 1 aliphatic heterocycles. The molecule has 1 N–H and O–H groups in total. The van der Waals surface area contributed by atoms with Crippen molar-refractivity contribution < 1.29 is 9.59 Å². The number of benzene rings is 1. The van der Waals surface area contributed by atoms with Crippen molar-refractivity contribution in [2.75, 3.05) is 4.90 Å². The van der Waals surface area contributed by atoms with Crippen LogP contribution in [0, 0.1) is 13.8 Å². The Morgan fingerprint density at radius 2 is 1.85 bits per heavy atom. The first kappa shape index (κ1) is 14.6. The fourth-order valence-electron chi connectivity index (χ4n) is 2.78. The Balaban J connectivity index is 2.47. The van der Waals surface area contributed by atoms with E-state index >= 15 is 0 Å². The summed E-state index contributed by atoms with van der Waals surface area (Å²) in [6.07, 6.45) is 1.23. The first-order chi connectivity index (χ1) is 9.49. The summed E-state index contributed by atoms with van der Waals surface area (Å²) in [4.78, 5) is 26.5. The predicted octanol–water partition coefficient (Wildman–Crippen LogP) is 2.32. The summed E-state index contributed by atoms with van der Waals surface area (Å²) in [5.74, 6) is -0.0650. The second kappa shape index (κ2) is 5.65. The molecule has 0 aromatic heterocycles. The Labute approximate surface area is 120 Å². The van der Waals surface area contributed by atoms with Crippen molar-refractivity contribution in [3.05, 3.63) is 29.3 Å². The Morgan fingerprint density at radius 1 is 1.15 bits per heavy atom. The molecule has 1 aromatic rings. The van der Waals surface area contributed by atoms with E-state index in [4.69, 9.17) is 0 Å². The Kier molecular flexibility index (Phi) is 4.12. The molecule has 4 nitrogen and oxygen atoms in total. The van der Waals surface area contributed by atoms with Gasteiger partial charge in [0.25, 0.3) is 0 Å². The number of amides is 2. The molecule has 1 heterocycles. The Morgan fingerprint density at radius 3 is 2.40 bits per heavy atom. The molecule has 2 unspecified atom stereocenters. The number of piperazine rings is 1. The van der Waals surface area contributed by atoms with E-state index in [0.717, 1.165) is 16.8 Å². The molecule has 1 aromatic carbocycles. The molecule has 2 rings (SSSR count). The van der Waals surface area contributed by atoms with Crippen molar-refractivity contribution in [1.29, 1.82) is 0 Å². The zero-order valence-corrected chi connectivity index (χ0v) is 12.6. The quantitative estimate of drug-likeness (QED) is 0.919. The van der Waals surface area contributed by atoms with Crippen LogP contribution in [0.4, 0.5) is 5.69 Å². The van der Waals surface area contributed by atoms with E-state index in [9.17, 15) is 9.59 Å². The van der Waals surface area contributed by atoms with Crippen LogP contribution in [0.2, 0.25) is 0 Å². The van der Waals surface area contributed by atoms with E-state index in [2.05, 4.69) is 5.32 Å². The molecule has 0 radical (unpaired) electrons. The van der Waals surface area contributed by atoms with Crippen LogP contribution in [-0.2, 0) is 9.59 Å². The van der Waals surface area contributed by atoms with Gasteiger partial charge in [-0.2, -0.15) is 0 Å². The van der Waals surface area contributed by atoms with E-state index in [1.54, 1.807) is 4.90 Å². The van der Waals surface area contributed by atoms with Crippen LogP contribution < -0.4 is 10.2 Å². The van der Waals surface area contributed by atoms with Crippen molar-refractivity contribution in [3.63, 3.8) is 0 Å². The van der Waals surface area contributed by atoms with E-state index in [1.165, 1.54) is 0 Å². The number of carbonyl (C=O) groups is 2. The molecule has 108 valence electrons. The molecule has 0 saturated carbocycles. The minimum Gasteiger partial charge on any atom is -0.342 e. The van der Waals surface area contributed by atoms with E-state index in [0.29, 0.717) is 12.8 Å². The Hall–Kier alpha value is -1.84. The fourth-order valence-corrected chi connectivity index (χ4v) is 2.78. The van der Waals surface area contributed by atoms with E-state index in [-0.39, 0.29) is 11.8 Å². The van der Waals surface area contributed by atoms with Gasteiger partial charge >= 0.3 is 0 Å². The molecular weight excluding hydrogens is 252 g/mol. The highest BCUT2D eigenvalue weighted by Gasteiger charge is 2.39. The normalized spacial score (nSPS) is 22.9. The summed E-state index contributed by atoms with van der Waals surface area (Å²) < 4.78 is 0. The van der Waals surface area contributed by atoms with Crippen molar-refractivity contribution in [3.8, 4) is 0 Å². The van der Waals surface area contributed by atoms with Gasteiger partial charge in [0.2, 0.25) is 11.8 Å². The highest BCUT2D eigenvalue weighted by Crippen LogP contribution is 2.27. The van der Waals surface area contributed by atoms with Gasteiger partial charge in [-0.3, -0.25) is 14.5 Å². The lowest BCUT2D eigenvalue weighted by atomic mass is 10.00. The molecule has 2 atom stereocenters. The van der Waals surface area contributed by atoms with Gasteiger partial charge in [0.05, 0.1) is 0 Å². The average Bonchev–Trinajstić information content (AvgIpc) is 2.41. The number of anilines is 1. The van der Waals surface area contributed by atoms with Gasteiger partial charge in [0.15, 0.2) is 0 Å². The smallest absolute Gasteiger partial charge is 0.250 e.